The second kappa shape index (κ2) is 12.0. The molecule has 3 aromatic rings. The standard InChI is InChI=1S/C28H31FN2O3/c1-20(2)30-28(33)26(17-22-9-5-4-6-10-22)31(18-23-12-14-24(29)15-13-23)27(32)19-34-25-11-7-8-21(3)16-25/h4-16,20,26H,17-19H2,1-3H3,(H,30,33). The van der Waals surface area contributed by atoms with Crippen molar-refractivity contribution in [3.63, 3.8) is 0 Å². The van der Waals surface area contributed by atoms with Crippen LogP contribution in [0, 0.1) is 12.7 Å². The third-order valence-electron chi connectivity index (χ3n) is 5.32. The zero-order valence-electron chi connectivity index (χ0n) is 19.8. The summed E-state index contributed by atoms with van der Waals surface area (Å²) >= 11 is 0. The van der Waals surface area contributed by atoms with Gasteiger partial charge in [0.25, 0.3) is 5.91 Å². The van der Waals surface area contributed by atoms with Gasteiger partial charge in [-0.15, -0.1) is 0 Å². The molecular weight excluding hydrogens is 431 g/mol. The third-order valence-corrected chi connectivity index (χ3v) is 5.32. The van der Waals surface area contributed by atoms with Crippen LogP contribution >= 0.6 is 0 Å². The number of rotatable bonds is 10. The lowest BCUT2D eigenvalue weighted by Crippen LogP contribution is -2.52. The Morgan fingerprint density at radius 1 is 0.941 bits per heavy atom. The first kappa shape index (κ1) is 25.0. The van der Waals surface area contributed by atoms with Crippen LogP contribution < -0.4 is 10.1 Å². The van der Waals surface area contributed by atoms with Crippen molar-refractivity contribution in [2.24, 2.45) is 0 Å². The summed E-state index contributed by atoms with van der Waals surface area (Å²) in [6.45, 7) is 5.64. The molecule has 0 saturated carbocycles. The third kappa shape index (κ3) is 7.44. The molecule has 1 unspecified atom stereocenters. The maximum Gasteiger partial charge on any atom is 0.261 e. The Morgan fingerprint density at radius 2 is 1.65 bits per heavy atom. The molecular formula is C28H31FN2O3. The van der Waals surface area contributed by atoms with Crippen molar-refractivity contribution in [1.82, 2.24) is 10.2 Å². The first-order valence-electron chi connectivity index (χ1n) is 11.4. The fourth-order valence-corrected chi connectivity index (χ4v) is 3.65. The van der Waals surface area contributed by atoms with Gasteiger partial charge in [-0.05, 0) is 61.7 Å². The van der Waals surface area contributed by atoms with E-state index >= 15 is 0 Å². The van der Waals surface area contributed by atoms with Crippen molar-refractivity contribution in [3.05, 3.63) is 101 Å². The normalized spacial score (nSPS) is 11.7. The van der Waals surface area contributed by atoms with E-state index in [1.165, 1.54) is 17.0 Å². The van der Waals surface area contributed by atoms with Gasteiger partial charge in [-0.1, -0.05) is 54.6 Å². The molecule has 3 aromatic carbocycles. The van der Waals surface area contributed by atoms with Gasteiger partial charge in [-0.25, -0.2) is 4.39 Å². The monoisotopic (exact) mass is 462 g/mol. The number of benzene rings is 3. The van der Waals surface area contributed by atoms with E-state index in [-0.39, 0.29) is 36.8 Å². The van der Waals surface area contributed by atoms with Gasteiger partial charge in [0, 0.05) is 19.0 Å². The number of ether oxygens (including phenoxy) is 1. The molecule has 34 heavy (non-hydrogen) atoms. The maximum absolute atomic E-state index is 13.5. The number of carbonyl (C=O) groups excluding carboxylic acids is 2. The molecule has 5 nitrogen and oxygen atoms in total. The SMILES string of the molecule is Cc1cccc(OCC(=O)N(Cc2ccc(F)cc2)C(Cc2ccccc2)C(=O)NC(C)C)c1. The summed E-state index contributed by atoms with van der Waals surface area (Å²) in [5.41, 5.74) is 2.68. The molecule has 0 aliphatic carbocycles. The highest BCUT2D eigenvalue weighted by Crippen LogP contribution is 2.17. The van der Waals surface area contributed by atoms with Crippen LogP contribution in [-0.4, -0.2) is 35.4 Å². The number of halogens is 1. The van der Waals surface area contributed by atoms with Crippen LogP contribution in [0.4, 0.5) is 4.39 Å². The maximum atomic E-state index is 13.5. The molecule has 0 bridgehead atoms. The smallest absolute Gasteiger partial charge is 0.261 e. The predicted octanol–water partition coefficient (Wildman–Crippen LogP) is 4.68. The van der Waals surface area contributed by atoms with Crippen molar-refractivity contribution in [1.29, 1.82) is 0 Å². The number of nitrogens with zero attached hydrogens (tertiary/aromatic N) is 1. The summed E-state index contributed by atoms with van der Waals surface area (Å²) in [7, 11) is 0. The van der Waals surface area contributed by atoms with Gasteiger partial charge in [0.15, 0.2) is 6.61 Å². The Hall–Kier alpha value is -3.67. The van der Waals surface area contributed by atoms with Crippen molar-refractivity contribution < 1.29 is 18.7 Å². The summed E-state index contributed by atoms with van der Waals surface area (Å²) in [6.07, 6.45) is 0.344. The van der Waals surface area contributed by atoms with Gasteiger partial charge in [0.2, 0.25) is 5.91 Å². The molecule has 0 aromatic heterocycles. The van der Waals surface area contributed by atoms with Gasteiger partial charge >= 0.3 is 0 Å². The van der Waals surface area contributed by atoms with Crippen molar-refractivity contribution >= 4 is 11.8 Å². The minimum absolute atomic E-state index is 0.0860. The van der Waals surface area contributed by atoms with Crippen LogP contribution in [0.15, 0.2) is 78.9 Å². The van der Waals surface area contributed by atoms with E-state index in [0.29, 0.717) is 12.2 Å². The molecule has 6 heteroatoms. The predicted molar refractivity (Wildman–Crippen MR) is 131 cm³/mol. The van der Waals surface area contributed by atoms with Gasteiger partial charge < -0.3 is 15.0 Å². The minimum atomic E-state index is -0.761. The molecule has 0 spiro atoms. The fourth-order valence-electron chi connectivity index (χ4n) is 3.65. The number of nitrogens with one attached hydrogen (secondary N) is 1. The zero-order valence-corrected chi connectivity index (χ0v) is 19.8. The molecule has 0 aliphatic rings. The summed E-state index contributed by atoms with van der Waals surface area (Å²) in [4.78, 5) is 28.2. The van der Waals surface area contributed by atoms with Gasteiger partial charge in [-0.3, -0.25) is 9.59 Å². The van der Waals surface area contributed by atoms with E-state index < -0.39 is 6.04 Å². The Labute approximate surface area is 200 Å². The topological polar surface area (TPSA) is 58.6 Å². The van der Waals surface area contributed by atoms with Gasteiger partial charge in [0.05, 0.1) is 0 Å². The largest absolute Gasteiger partial charge is 0.484 e. The number of carbonyl (C=O) groups is 2. The van der Waals surface area contributed by atoms with Crippen molar-refractivity contribution in [2.75, 3.05) is 6.61 Å². The number of hydrogen-bond acceptors (Lipinski definition) is 3. The first-order valence-corrected chi connectivity index (χ1v) is 11.4. The highest BCUT2D eigenvalue weighted by Gasteiger charge is 2.31. The lowest BCUT2D eigenvalue weighted by Gasteiger charge is -2.32. The minimum Gasteiger partial charge on any atom is -0.484 e. The Bertz CT molecular complexity index is 1080. The quantitative estimate of drug-likeness (QED) is 0.476. The lowest BCUT2D eigenvalue weighted by molar-refractivity contribution is -0.143. The summed E-state index contributed by atoms with van der Waals surface area (Å²) < 4.78 is 19.2. The number of hydrogen-bond donors (Lipinski definition) is 1. The molecule has 0 aliphatic heterocycles. The molecule has 1 N–H and O–H groups in total. The average molecular weight is 463 g/mol. The summed E-state index contributed by atoms with van der Waals surface area (Å²) in [5, 5.41) is 2.94. The van der Waals surface area contributed by atoms with E-state index in [0.717, 1.165) is 16.7 Å². The summed E-state index contributed by atoms with van der Waals surface area (Å²) in [5.74, 6) is -0.348. The average Bonchev–Trinajstić information content (AvgIpc) is 2.81. The first-order chi connectivity index (χ1) is 16.3. The lowest BCUT2D eigenvalue weighted by atomic mass is 10.0. The number of aryl methyl sites for hydroxylation is 1. The zero-order chi connectivity index (χ0) is 24.5. The van der Waals surface area contributed by atoms with Gasteiger partial charge in [-0.2, -0.15) is 0 Å². The summed E-state index contributed by atoms with van der Waals surface area (Å²) in [6, 6.07) is 22.1. The molecule has 178 valence electrons. The molecule has 0 heterocycles. The Balaban J connectivity index is 1.90. The van der Waals surface area contributed by atoms with Crippen LogP contribution in [0.5, 0.6) is 5.75 Å². The Morgan fingerprint density at radius 3 is 2.29 bits per heavy atom. The molecule has 3 rings (SSSR count). The molecule has 2 amide bonds. The molecule has 0 radical (unpaired) electrons. The van der Waals surface area contributed by atoms with Crippen molar-refractivity contribution in [3.8, 4) is 5.75 Å². The van der Waals surface area contributed by atoms with Crippen LogP contribution in [0.1, 0.15) is 30.5 Å². The molecule has 0 fully saturated rings. The molecule has 0 saturated heterocycles. The van der Waals surface area contributed by atoms with Crippen LogP contribution in [0.3, 0.4) is 0 Å². The molecule has 1 atom stereocenters. The van der Waals surface area contributed by atoms with E-state index in [9.17, 15) is 14.0 Å². The van der Waals surface area contributed by atoms with E-state index in [4.69, 9.17) is 4.74 Å². The van der Waals surface area contributed by atoms with Crippen LogP contribution in [0.25, 0.3) is 0 Å². The highest BCUT2D eigenvalue weighted by atomic mass is 19.1. The van der Waals surface area contributed by atoms with Gasteiger partial charge in [0.1, 0.15) is 17.6 Å². The van der Waals surface area contributed by atoms with E-state index in [1.807, 2.05) is 69.3 Å². The van der Waals surface area contributed by atoms with Crippen LogP contribution in [0.2, 0.25) is 0 Å². The Kier molecular flexibility index (Phi) is 8.79. The second-order valence-corrected chi connectivity index (χ2v) is 8.62. The van der Waals surface area contributed by atoms with E-state index in [2.05, 4.69) is 5.32 Å². The second-order valence-electron chi connectivity index (χ2n) is 8.62. The number of amides is 2. The highest BCUT2D eigenvalue weighted by molar-refractivity contribution is 5.88. The van der Waals surface area contributed by atoms with Crippen LogP contribution in [-0.2, 0) is 22.6 Å². The van der Waals surface area contributed by atoms with Crippen molar-refractivity contribution in [2.45, 2.75) is 45.8 Å². The van der Waals surface area contributed by atoms with E-state index in [1.54, 1.807) is 18.2 Å². The fraction of sp³-hybridized carbons (Fsp3) is 0.286.